The summed E-state index contributed by atoms with van der Waals surface area (Å²) in [6.07, 6.45) is 8.19. The first-order valence-corrected chi connectivity index (χ1v) is 17.1. The van der Waals surface area contributed by atoms with Crippen LogP contribution in [0.2, 0.25) is 5.02 Å². The molecule has 0 aliphatic carbocycles. The van der Waals surface area contributed by atoms with E-state index in [2.05, 4.69) is 45.9 Å². The number of nitrogen functional groups attached to an aromatic ring is 1. The van der Waals surface area contributed by atoms with Gasteiger partial charge in [0.25, 0.3) is 0 Å². The van der Waals surface area contributed by atoms with Gasteiger partial charge in [0, 0.05) is 21.7 Å². The van der Waals surface area contributed by atoms with Crippen molar-refractivity contribution in [3.05, 3.63) is 99.2 Å². The molecule has 0 aliphatic rings. The predicted molar refractivity (Wildman–Crippen MR) is 173 cm³/mol. The molecular weight excluding hydrogens is 638 g/mol. The van der Waals surface area contributed by atoms with Gasteiger partial charge in [-0.3, -0.25) is 4.79 Å². The molecule has 0 atom stereocenters. The molecule has 0 amide bonds. The van der Waals surface area contributed by atoms with Crippen molar-refractivity contribution in [3.63, 3.8) is 0 Å². The Labute approximate surface area is 259 Å². The zero-order valence-corrected chi connectivity index (χ0v) is 26.5. The first-order valence-electron chi connectivity index (χ1n) is 12.9. The summed E-state index contributed by atoms with van der Waals surface area (Å²) in [6.45, 7) is 0.838. The number of nitrogens with zero attached hydrogens (tertiary/aromatic N) is 4. The van der Waals surface area contributed by atoms with Gasteiger partial charge in [-0.15, -0.1) is 0 Å². The van der Waals surface area contributed by atoms with Crippen molar-refractivity contribution in [2.45, 2.75) is 6.73 Å². The van der Waals surface area contributed by atoms with Gasteiger partial charge in [0.2, 0.25) is 5.78 Å². The number of nitriles is 1. The van der Waals surface area contributed by atoms with Crippen molar-refractivity contribution in [1.29, 1.82) is 5.26 Å². The van der Waals surface area contributed by atoms with E-state index in [1.165, 1.54) is 10.9 Å². The van der Waals surface area contributed by atoms with E-state index in [4.69, 9.17) is 32.1 Å². The minimum atomic E-state index is -0.702. The van der Waals surface area contributed by atoms with E-state index >= 15 is 0 Å². The molecule has 0 saturated heterocycles. The highest BCUT2D eigenvalue weighted by Crippen LogP contribution is 2.34. The van der Waals surface area contributed by atoms with Gasteiger partial charge >= 0.3 is 0 Å². The smallest absolute Gasteiger partial charge is 0.214 e. The normalized spacial score (nSPS) is 11.9. The van der Waals surface area contributed by atoms with Crippen molar-refractivity contribution in [2.24, 2.45) is 0 Å². The number of hydrogen-bond acceptors (Lipinski definition) is 6. The van der Waals surface area contributed by atoms with E-state index in [0.29, 0.717) is 40.1 Å². The maximum Gasteiger partial charge on any atom is 0.214 e. The minimum absolute atomic E-state index is 0.160. The zero-order valence-electron chi connectivity index (χ0n) is 23.3. The average Bonchev–Trinajstić information content (AvgIpc) is 3.50. The molecule has 0 unspecified atom stereocenters. The van der Waals surface area contributed by atoms with Crippen molar-refractivity contribution >= 4 is 60.1 Å². The number of ketones is 1. The number of aromatic nitrogens is 3. The van der Waals surface area contributed by atoms with E-state index in [9.17, 15) is 4.79 Å². The molecule has 11 heteroatoms. The largest absolute Gasteiger partial charge is 0.457 e. The monoisotopic (exact) mass is 665 g/mol. The number of ether oxygens (including phenoxy) is 2. The fourth-order valence-corrected chi connectivity index (χ4v) is 5.63. The van der Waals surface area contributed by atoms with Crippen LogP contribution in [0.5, 0.6) is 11.5 Å². The molecule has 0 spiro atoms. The number of fused-ring (bicyclic) bond motifs is 1. The number of hydrogen-bond donors (Lipinski definition) is 1. The summed E-state index contributed by atoms with van der Waals surface area (Å²) in [5.41, 5.74) is 9.05. The van der Waals surface area contributed by atoms with Crippen molar-refractivity contribution in [2.75, 3.05) is 36.9 Å². The maximum absolute atomic E-state index is 13.9. The zero-order chi connectivity index (χ0) is 30.0. The van der Waals surface area contributed by atoms with Gasteiger partial charge in [0.15, 0.2) is 0 Å². The summed E-state index contributed by atoms with van der Waals surface area (Å²) in [5, 5.41) is 14.8. The number of nitrogens with two attached hydrogens (primary N) is 1. The Morgan fingerprint density at radius 1 is 1.10 bits per heavy atom. The third-order valence-electron chi connectivity index (χ3n) is 6.55. The van der Waals surface area contributed by atoms with Crippen LogP contribution in [0.1, 0.15) is 21.6 Å². The van der Waals surface area contributed by atoms with E-state index in [-0.39, 0.29) is 23.9 Å². The highest BCUT2D eigenvalue weighted by Gasteiger charge is 2.23. The molecule has 5 aromatic rings. The van der Waals surface area contributed by atoms with Crippen LogP contribution in [0.3, 0.4) is 0 Å². The second-order valence-electron chi connectivity index (χ2n) is 10.5. The molecule has 216 valence electrons. The van der Waals surface area contributed by atoms with Crippen LogP contribution in [0.25, 0.3) is 16.6 Å². The van der Waals surface area contributed by atoms with Crippen LogP contribution in [-0.2, 0) is 11.5 Å². The minimum Gasteiger partial charge on any atom is -0.457 e. The lowest BCUT2D eigenvalue weighted by atomic mass is 10.1. The Morgan fingerprint density at radius 3 is 2.62 bits per heavy atom. The number of benzene rings is 3. The summed E-state index contributed by atoms with van der Waals surface area (Å²) in [4.78, 5) is 13.9. The molecule has 42 heavy (non-hydrogen) atoms. The van der Waals surface area contributed by atoms with Crippen LogP contribution in [0.15, 0.2) is 77.4 Å². The highest BCUT2D eigenvalue weighted by molar-refractivity contribution is 9.10. The third kappa shape index (κ3) is 6.50. The Balaban J connectivity index is 1.42. The molecule has 0 bridgehead atoms. The number of carbonyl (C=O) groups is 1. The molecular formula is C31H29BrClN5O3S. The van der Waals surface area contributed by atoms with E-state index < -0.39 is 10.0 Å². The fraction of sp³-hybridized carbons (Fsp3) is 0.194. The fourth-order valence-electron chi connectivity index (χ4n) is 4.38. The van der Waals surface area contributed by atoms with E-state index in [1.54, 1.807) is 42.5 Å². The molecule has 8 nitrogen and oxygen atoms in total. The first kappa shape index (κ1) is 29.7. The Hall–Kier alpha value is -3.75. The molecule has 5 rings (SSSR count). The van der Waals surface area contributed by atoms with Gasteiger partial charge in [-0.05, 0) is 73.4 Å². The van der Waals surface area contributed by atoms with Crippen molar-refractivity contribution in [1.82, 2.24) is 14.3 Å². The molecule has 2 N–H and O–H groups in total. The lowest BCUT2D eigenvalue weighted by Gasteiger charge is -2.24. The van der Waals surface area contributed by atoms with Crippen LogP contribution < -0.4 is 10.5 Å². The third-order valence-corrected chi connectivity index (χ3v) is 8.74. The number of rotatable bonds is 10. The number of halogens is 2. The summed E-state index contributed by atoms with van der Waals surface area (Å²) in [7, 11) is -0.702. The molecule has 2 aromatic heterocycles. The molecule has 0 aliphatic heterocycles. The Morgan fingerprint density at radius 2 is 1.88 bits per heavy atom. The van der Waals surface area contributed by atoms with Gasteiger partial charge < -0.3 is 19.8 Å². The van der Waals surface area contributed by atoms with Gasteiger partial charge in [0.1, 0.15) is 24.0 Å². The van der Waals surface area contributed by atoms with Crippen LogP contribution in [0, 0.1) is 11.3 Å². The van der Waals surface area contributed by atoms with Crippen LogP contribution in [0.4, 0.5) is 5.82 Å². The van der Waals surface area contributed by atoms with E-state index in [1.807, 2.05) is 28.8 Å². The molecule has 3 aromatic carbocycles. The summed E-state index contributed by atoms with van der Waals surface area (Å²) < 4.78 is 16.1. The van der Waals surface area contributed by atoms with Gasteiger partial charge in [-0.1, -0.05) is 33.6 Å². The summed E-state index contributed by atoms with van der Waals surface area (Å²) in [6, 6.07) is 21.7. The molecule has 2 heterocycles. The average molecular weight is 667 g/mol. The number of anilines is 1. The second-order valence-corrected chi connectivity index (χ2v) is 16.4. The Bertz CT molecular complexity index is 1840. The SMILES string of the molecule is CS(C)(C)CCOCn1c(C(=O)c2cnn(-c3ccc(Oc4cccc(C#N)c4)cc3Cl)c2N)cc2cc(Br)ccc21. The van der Waals surface area contributed by atoms with Gasteiger partial charge in [-0.2, -0.15) is 10.4 Å². The molecule has 0 radical (unpaired) electrons. The quantitative estimate of drug-likeness (QED) is 0.123. The number of carbonyl (C=O) groups excluding carboxylic acids is 1. The maximum atomic E-state index is 13.9. The lowest BCUT2D eigenvalue weighted by molar-refractivity contribution is 0.0861. The predicted octanol–water partition coefficient (Wildman–Crippen LogP) is 7.39. The molecule has 0 fully saturated rings. The van der Waals surface area contributed by atoms with Crippen LogP contribution >= 0.6 is 37.6 Å². The summed E-state index contributed by atoms with van der Waals surface area (Å²) >= 11 is 10.1. The first-order chi connectivity index (χ1) is 20.0. The standard InChI is InChI=1S/C31H29BrClN5O3S/c1-42(2,3)12-11-40-19-37-27-9-7-22(32)14-21(27)15-29(37)30(39)25-18-36-38(31(25)35)28-10-8-24(16-26(28)33)41-23-6-4-5-20(13-23)17-34/h4-10,13-16,18H,11-12,19,35H2,1-3H3. The second kappa shape index (κ2) is 12.2. The van der Waals surface area contributed by atoms with Crippen molar-refractivity contribution in [3.8, 4) is 23.3 Å². The lowest BCUT2D eigenvalue weighted by Crippen LogP contribution is -2.15. The topological polar surface area (TPSA) is 108 Å². The van der Waals surface area contributed by atoms with Gasteiger partial charge in [-0.25, -0.2) is 14.7 Å². The van der Waals surface area contributed by atoms with Gasteiger partial charge in [0.05, 0.1) is 51.9 Å². The summed E-state index contributed by atoms with van der Waals surface area (Å²) in [5.74, 6) is 1.84. The highest BCUT2D eigenvalue weighted by atomic mass is 79.9. The Kier molecular flexibility index (Phi) is 8.66. The van der Waals surface area contributed by atoms with Crippen LogP contribution in [-0.4, -0.2) is 51.3 Å². The molecule has 0 saturated carbocycles. The van der Waals surface area contributed by atoms with E-state index in [0.717, 1.165) is 21.1 Å². The van der Waals surface area contributed by atoms with Crippen molar-refractivity contribution < 1.29 is 14.3 Å².